The molecule has 11 atom stereocenters. The van der Waals surface area contributed by atoms with E-state index in [-0.39, 0.29) is 45.1 Å². The van der Waals surface area contributed by atoms with Crippen LogP contribution in [0.2, 0.25) is 19.6 Å². The second kappa shape index (κ2) is 19.0. The van der Waals surface area contributed by atoms with Gasteiger partial charge in [-0.05, 0) is 47.0 Å². The Hall–Kier alpha value is -1.72. The molecule has 0 radical (unpaired) electrons. The van der Waals surface area contributed by atoms with Crippen molar-refractivity contribution in [3.63, 3.8) is 0 Å². The van der Waals surface area contributed by atoms with Crippen molar-refractivity contribution >= 4 is 20.0 Å². The van der Waals surface area contributed by atoms with Crippen molar-refractivity contribution in [2.75, 3.05) is 33.0 Å². The fourth-order valence-corrected chi connectivity index (χ4v) is 5.83. The van der Waals surface area contributed by atoms with Gasteiger partial charge >= 0.3 is 11.9 Å². The van der Waals surface area contributed by atoms with Gasteiger partial charge in [-0.3, -0.25) is 0 Å². The monoisotopic (exact) mass is 706 g/mol. The molecule has 3 rings (SSSR count). The van der Waals surface area contributed by atoms with Crippen LogP contribution >= 0.6 is 0 Å². The Labute approximate surface area is 283 Å². The van der Waals surface area contributed by atoms with Crippen molar-refractivity contribution in [2.24, 2.45) is 0 Å². The maximum atomic E-state index is 13.0. The molecule has 3 unspecified atom stereocenters. The zero-order chi connectivity index (χ0) is 35.6. The van der Waals surface area contributed by atoms with Gasteiger partial charge in [0, 0.05) is 13.2 Å². The first-order valence-corrected chi connectivity index (χ1v) is 20.1. The molecule has 0 bridgehead atoms. The minimum atomic E-state index is -1.68. The van der Waals surface area contributed by atoms with Crippen LogP contribution in [0.3, 0.4) is 0 Å². The van der Waals surface area contributed by atoms with E-state index in [1.807, 2.05) is 0 Å². The third kappa shape index (κ3) is 12.2. The van der Waals surface area contributed by atoms with E-state index in [1.165, 1.54) is 0 Å². The summed E-state index contributed by atoms with van der Waals surface area (Å²) in [6.45, 7) is 13.3. The average Bonchev–Trinajstić information content (AvgIpc) is 3.53. The van der Waals surface area contributed by atoms with Crippen LogP contribution in [0, 0.1) is 11.5 Å². The number of esters is 2. The van der Waals surface area contributed by atoms with E-state index in [2.05, 4.69) is 31.1 Å². The van der Waals surface area contributed by atoms with Crippen LogP contribution in [-0.4, -0.2) is 153 Å². The smallest absolute Gasteiger partial charge is 0.339 e. The lowest BCUT2D eigenvalue weighted by atomic mass is 9.98. The zero-order valence-corrected chi connectivity index (χ0v) is 29.9. The summed E-state index contributed by atoms with van der Waals surface area (Å²) in [5.74, 6) is 1.21. The van der Waals surface area contributed by atoms with E-state index in [0.717, 1.165) is 12.8 Å². The van der Waals surface area contributed by atoms with Crippen molar-refractivity contribution in [3.8, 4) is 11.5 Å². The van der Waals surface area contributed by atoms with Gasteiger partial charge in [-0.15, -0.1) is 5.54 Å². The molecule has 4 N–H and O–H groups in total. The summed E-state index contributed by atoms with van der Waals surface area (Å²) in [6, 6.07) is 0. The third-order valence-electron chi connectivity index (χ3n) is 7.46. The number of aliphatic hydroxyl groups is 4. The highest BCUT2D eigenvalue weighted by molar-refractivity contribution is 6.83. The summed E-state index contributed by atoms with van der Waals surface area (Å²) in [4.78, 5) is 26.0. The quantitative estimate of drug-likeness (QED) is 0.0770. The van der Waals surface area contributed by atoms with E-state index < -0.39 is 87.5 Å². The topological polar surface area (TPSA) is 198 Å². The van der Waals surface area contributed by atoms with Crippen molar-refractivity contribution in [1.82, 2.24) is 0 Å². The normalized spacial score (nSPS) is 34.1. The van der Waals surface area contributed by atoms with Crippen molar-refractivity contribution in [3.05, 3.63) is 0 Å². The molecular weight excluding hydrogens is 652 g/mol. The lowest BCUT2D eigenvalue weighted by Gasteiger charge is -2.42. The van der Waals surface area contributed by atoms with Gasteiger partial charge in [0.2, 0.25) is 0 Å². The van der Waals surface area contributed by atoms with Crippen LogP contribution in [0.5, 0.6) is 0 Å². The summed E-state index contributed by atoms with van der Waals surface area (Å²) >= 11 is 0. The highest BCUT2D eigenvalue weighted by atomic mass is 28.3. The van der Waals surface area contributed by atoms with Gasteiger partial charge in [-0.1, -0.05) is 25.6 Å². The molecule has 0 spiro atoms. The Morgan fingerprint density at radius 2 is 1.38 bits per heavy atom. The van der Waals surface area contributed by atoms with Gasteiger partial charge in [0.1, 0.15) is 51.3 Å². The lowest BCUT2D eigenvalue weighted by Crippen LogP contribution is -2.62. The maximum absolute atomic E-state index is 13.0. The van der Waals surface area contributed by atoms with Crippen LogP contribution in [-0.2, 0) is 52.2 Å². The minimum absolute atomic E-state index is 0.00659. The summed E-state index contributed by atoms with van der Waals surface area (Å²) in [7, 11) is -1.68. The predicted molar refractivity (Wildman–Crippen MR) is 170 cm³/mol. The van der Waals surface area contributed by atoms with Crippen LogP contribution in [0.4, 0.5) is 0 Å². The number of rotatable bonds is 15. The summed E-state index contributed by atoms with van der Waals surface area (Å²) in [5.41, 5.74) is 3.09. The standard InChI is InChI=1S/C32H54O15Si/c1-18(2)44-26-22(34)23(35)31(46-28(26)29(37)41-15-10-16-48(5,6)7)42-14-9-13-40-25-21(33)24(36)32(45-19(3)4)47-27(25)30(38)43-17-20-11-8-12-39-20/h18-28,31-36H,8-9,11-15,17H2,1-7H3/t20?,21-,22-,23+,24+,25+,26+,27?,28?,31-,32-/m1/s1. The maximum Gasteiger partial charge on any atom is 0.339 e. The molecule has 3 saturated heterocycles. The largest absolute Gasteiger partial charge is 0.461 e. The zero-order valence-electron chi connectivity index (χ0n) is 28.9. The molecule has 0 amide bonds. The molecule has 15 nitrogen and oxygen atoms in total. The van der Waals surface area contributed by atoms with E-state index in [4.69, 9.17) is 42.6 Å². The molecule has 0 aliphatic carbocycles. The van der Waals surface area contributed by atoms with E-state index >= 15 is 0 Å². The van der Waals surface area contributed by atoms with Gasteiger partial charge in [-0.25, -0.2) is 9.59 Å². The molecular formula is C32H54O15Si. The Bertz CT molecular complexity index is 1070. The fourth-order valence-electron chi connectivity index (χ4n) is 5.23. The van der Waals surface area contributed by atoms with E-state index in [0.29, 0.717) is 6.61 Å². The average molecular weight is 707 g/mol. The molecule has 0 aromatic rings. The molecule has 276 valence electrons. The van der Waals surface area contributed by atoms with Crippen molar-refractivity contribution in [2.45, 2.75) is 146 Å². The third-order valence-corrected chi connectivity index (χ3v) is 8.38. The molecule has 0 saturated carbocycles. The fraction of sp³-hybridized carbons (Fsp3) is 0.875. The van der Waals surface area contributed by atoms with E-state index in [9.17, 15) is 30.0 Å². The molecule has 0 aromatic heterocycles. The van der Waals surface area contributed by atoms with Crippen LogP contribution in [0.1, 0.15) is 47.0 Å². The number of hydrogen-bond donors (Lipinski definition) is 4. The minimum Gasteiger partial charge on any atom is -0.461 e. The Kier molecular flexibility index (Phi) is 16.1. The van der Waals surface area contributed by atoms with Gasteiger partial charge in [0.15, 0.2) is 31.4 Å². The highest BCUT2D eigenvalue weighted by Gasteiger charge is 2.51. The Morgan fingerprint density at radius 1 is 0.792 bits per heavy atom. The number of hydrogen-bond acceptors (Lipinski definition) is 15. The van der Waals surface area contributed by atoms with Gasteiger partial charge in [-0.2, -0.15) is 0 Å². The number of carbonyl (C=O) groups is 2. The highest BCUT2D eigenvalue weighted by Crippen LogP contribution is 2.28. The number of aliphatic hydroxyl groups excluding tert-OH is 4. The second-order valence-electron chi connectivity index (χ2n) is 13.6. The molecule has 16 heteroatoms. The molecule has 3 aliphatic heterocycles. The first kappa shape index (κ1) is 40.7. The molecule has 3 aliphatic rings. The Morgan fingerprint density at radius 3 is 2.00 bits per heavy atom. The SMILES string of the molecule is CC(C)O[C@@H]1OC(C(=O)OCC2CCCO2)[C@@H](OCCCO[C@@H]2OC(C(=O)OCC#C[Si](C)(C)C)[C@@H](OC(C)C)[C@H](O)[C@@H]2O)[C@H](O)[C@@H]1O. The van der Waals surface area contributed by atoms with Gasteiger partial charge in [0.25, 0.3) is 0 Å². The first-order valence-electron chi connectivity index (χ1n) is 16.6. The van der Waals surface area contributed by atoms with Crippen LogP contribution < -0.4 is 0 Å². The molecule has 48 heavy (non-hydrogen) atoms. The number of carbonyl (C=O) groups excluding carboxylic acids is 2. The first-order chi connectivity index (χ1) is 22.6. The van der Waals surface area contributed by atoms with Crippen molar-refractivity contribution in [1.29, 1.82) is 0 Å². The molecule has 3 heterocycles. The van der Waals surface area contributed by atoms with Crippen molar-refractivity contribution < 1.29 is 72.6 Å². The molecule has 3 fully saturated rings. The number of ether oxygens (including phenoxy) is 9. The molecule has 0 aromatic carbocycles. The van der Waals surface area contributed by atoms with Crippen LogP contribution in [0.15, 0.2) is 0 Å². The van der Waals surface area contributed by atoms with E-state index in [1.54, 1.807) is 27.7 Å². The Balaban J connectivity index is 1.58. The lowest BCUT2D eigenvalue weighted by molar-refractivity contribution is -0.311. The predicted octanol–water partition coefficient (Wildman–Crippen LogP) is 0.0365. The van der Waals surface area contributed by atoms with Crippen LogP contribution in [0.25, 0.3) is 0 Å². The second-order valence-corrected chi connectivity index (χ2v) is 18.4. The summed E-state index contributed by atoms with van der Waals surface area (Å²) in [5, 5.41) is 43.1. The van der Waals surface area contributed by atoms with Gasteiger partial charge in [0.05, 0.1) is 24.9 Å². The van der Waals surface area contributed by atoms with Gasteiger partial charge < -0.3 is 63.1 Å². The summed E-state index contributed by atoms with van der Waals surface area (Å²) < 4.78 is 50.4. The summed E-state index contributed by atoms with van der Waals surface area (Å²) in [6.07, 6.45) is -13.5.